The van der Waals surface area contributed by atoms with Crippen molar-refractivity contribution in [3.8, 4) is 27.9 Å². The van der Waals surface area contributed by atoms with Crippen molar-refractivity contribution in [3.05, 3.63) is 291 Å². The van der Waals surface area contributed by atoms with E-state index in [-0.39, 0.29) is 0 Å². The summed E-state index contributed by atoms with van der Waals surface area (Å²) in [5.74, 6) is 0. The van der Waals surface area contributed by atoms with Crippen molar-refractivity contribution in [2.75, 3.05) is 4.90 Å². The van der Waals surface area contributed by atoms with Crippen molar-refractivity contribution in [1.82, 2.24) is 4.57 Å². The Kier molecular flexibility index (Phi) is 10.6. The molecule has 0 saturated carbocycles. The summed E-state index contributed by atoms with van der Waals surface area (Å²) in [6, 6.07) is 107. The third-order valence-electron chi connectivity index (χ3n) is 14.5. The molecule has 0 atom stereocenters. The molecule has 0 bridgehead atoms. The Morgan fingerprint density at radius 1 is 0.296 bits per heavy atom. The molecular formula is C68H48N2Si. The molecule has 0 aliphatic heterocycles. The third-order valence-corrected chi connectivity index (χ3v) is 19.3. The zero-order valence-corrected chi connectivity index (χ0v) is 40.1. The van der Waals surface area contributed by atoms with Crippen LogP contribution in [0.3, 0.4) is 0 Å². The van der Waals surface area contributed by atoms with Gasteiger partial charge in [0.1, 0.15) is 0 Å². The third kappa shape index (κ3) is 7.26. The largest absolute Gasteiger partial charge is 0.310 e. The number of para-hydroxylation sites is 1. The molecule has 3 heteroatoms. The van der Waals surface area contributed by atoms with Gasteiger partial charge in [-0.15, -0.1) is 0 Å². The summed E-state index contributed by atoms with van der Waals surface area (Å²) in [7, 11) is -2.65. The van der Waals surface area contributed by atoms with Gasteiger partial charge >= 0.3 is 0 Å². The van der Waals surface area contributed by atoms with Crippen molar-refractivity contribution < 1.29 is 0 Å². The lowest BCUT2D eigenvalue weighted by atomic mass is 9.98. The highest BCUT2D eigenvalue weighted by atomic mass is 28.3. The van der Waals surface area contributed by atoms with Crippen LogP contribution in [-0.2, 0) is 0 Å². The van der Waals surface area contributed by atoms with Gasteiger partial charge in [0.15, 0.2) is 8.07 Å². The minimum absolute atomic E-state index is 1.09. The fourth-order valence-corrected chi connectivity index (χ4v) is 16.0. The average Bonchev–Trinajstić information content (AvgIpc) is 3.80. The second-order valence-corrected chi connectivity index (χ2v) is 22.2. The van der Waals surface area contributed by atoms with Crippen LogP contribution >= 0.6 is 0 Å². The second kappa shape index (κ2) is 17.8. The van der Waals surface area contributed by atoms with E-state index in [0.717, 1.165) is 28.3 Å². The smallest absolute Gasteiger partial charge is 0.179 e. The van der Waals surface area contributed by atoms with Gasteiger partial charge in [0.05, 0.1) is 16.7 Å². The van der Waals surface area contributed by atoms with Crippen LogP contribution in [0.25, 0.3) is 71.3 Å². The summed E-state index contributed by atoms with van der Waals surface area (Å²) in [5.41, 5.74) is 11.5. The molecule has 13 rings (SSSR count). The molecule has 0 unspecified atom stereocenters. The number of nitrogens with zero attached hydrogens (tertiary/aromatic N) is 2. The Hall–Kier alpha value is -9.02. The number of hydrogen-bond donors (Lipinski definition) is 0. The van der Waals surface area contributed by atoms with Gasteiger partial charge in [0, 0.05) is 27.8 Å². The van der Waals surface area contributed by atoms with E-state index < -0.39 is 8.07 Å². The van der Waals surface area contributed by atoms with Crippen molar-refractivity contribution in [2.45, 2.75) is 0 Å². The van der Waals surface area contributed by atoms with Crippen LogP contribution in [0.4, 0.5) is 17.1 Å². The summed E-state index contributed by atoms with van der Waals surface area (Å²) >= 11 is 0. The molecule has 13 aromatic rings. The maximum absolute atomic E-state index is 2.65. The van der Waals surface area contributed by atoms with E-state index in [4.69, 9.17) is 0 Å². The highest BCUT2D eigenvalue weighted by Gasteiger charge is 2.41. The molecular weight excluding hydrogens is 873 g/mol. The van der Waals surface area contributed by atoms with Crippen molar-refractivity contribution in [3.63, 3.8) is 0 Å². The van der Waals surface area contributed by atoms with Gasteiger partial charge in [0.25, 0.3) is 0 Å². The van der Waals surface area contributed by atoms with E-state index in [9.17, 15) is 0 Å². The van der Waals surface area contributed by atoms with Crippen LogP contribution in [0, 0.1) is 0 Å². The highest BCUT2D eigenvalue weighted by Crippen LogP contribution is 2.45. The van der Waals surface area contributed by atoms with E-state index in [1.54, 1.807) is 0 Å². The van der Waals surface area contributed by atoms with Gasteiger partial charge < -0.3 is 9.47 Å². The fourth-order valence-electron chi connectivity index (χ4n) is 11.3. The zero-order chi connectivity index (χ0) is 47.1. The van der Waals surface area contributed by atoms with Crippen LogP contribution in [0.1, 0.15) is 0 Å². The molecule has 0 radical (unpaired) electrons. The van der Waals surface area contributed by atoms with Gasteiger partial charge in [-0.05, 0) is 119 Å². The first-order chi connectivity index (χ1) is 35.2. The predicted octanol–water partition coefficient (Wildman–Crippen LogP) is 15.3. The number of anilines is 3. The van der Waals surface area contributed by atoms with Gasteiger partial charge in [-0.3, -0.25) is 0 Å². The molecule has 334 valence electrons. The first-order valence-electron chi connectivity index (χ1n) is 24.5. The Labute approximate surface area is 415 Å². The summed E-state index contributed by atoms with van der Waals surface area (Å²) < 4.78 is 2.43. The molecule has 0 amide bonds. The zero-order valence-electron chi connectivity index (χ0n) is 39.1. The fraction of sp³-hybridized carbons (Fsp3) is 0. The van der Waals surface area contributed by atoms with Crippen LogP contribution < -0.4 is 25.6 Å². The SMILES string of the molecule is c1ccc([Si](c2ccccc2)(c2ccccc2)c2ccc(-c3ccc(N(c4ccc(-c5cccc6ccccc56)cc4)c4cccc5c4c4ccccc4n5-c4ccc5ccccc5c4)cc3)cc2)cc1. The number of aromatic nitrogens is 1. The first kappa shape index (κ1) is 42.1. The van der Waals surface area contributed by atoms with E-state index in [0.29, 0.717) is 0 Å². The van der Waals surface area contributed by atoms with Gasteiger partial charge in [-0.2, -0.15) is 0 Å². The van der Waals surface area contributed by atoms with Gasteiger partial charge in [-0.1, -0.05) is 237 Å². The quantitative estimate of drug-likeness (QED) is 0.0980. The molecule has 0 aliphatic rings. The standard InChI is InChI=1S/C68H48N2Si/c1-4-22-58(23-5-1)71(59-24-6-2-7-25-59,60-26-8-3-9-27-60)61-46-39-51(40-47-61)50-34-41-55(42-35-50)69(56-43-37-53(38-44-56)63-30-16-21-52-19-12-13-28-62(52)63)66-32-17-33-67-68(66)64-29-14-15-31-65(64)70(67)57-45-36-49-18-10-11-20-54(49)48-57/h1-48H. The maximum Gasteiger partial charge on any atom is 0.179 e. The van der Waals surface area contributed by atoms with Gasteiger partial charge in [-0.25, -0.2) is 0 Å². The molecule has 2 nitrogen and oxygen atoms in total. The molecule has 0 spiro atoms. The maximum atomic E-state index is 2.44. The highest BCUT2D eigenvalue weighted by molar-refractivity contribution is 7.19. The molecule has 12 aromatic carbocycles. The first-order valence-corrected chi connectivity index (χ1v) is 26.5. The van der Waals surface area contributed by atoms with Crippen LogP contribution in [0.2, 0.25) is 0 Å². The Morgan fingerprint density at radius 2 is 0.761 bits per heavy atom. The lowest BCUT2D eigenvalue weighted by Gasteiger charge is -2.34. The minimum atomic E-state index is -2.65. The van der Waals surface area contributed by atoms with E-state index in [2.05, 4.69) is 301 Å². The number of fused-ring (bicyclic) bond motifs is 5. The van der Waals surface area contributed by atoms with Crippen LogP contribution in [0.15, 0.2) is 291 Å². The number of hydrogen-bond acceptors (Lipinski definition) is 1. The normalized spacial score (nSPS) is 11.7. The number of benzene rings is 12. The summed E-state index contributed by atoms with van der Waals surface area (Å²) in [5, 5.41) is 12.8. The molecule has 1 aromatic heterocycles. The Morgan fingerprint density at radius 3 is 1.39 bits per heavy atom. The minimum Gasteiger partial charge on any atom is -0.310 e. The second-order valence-electron chi connectivity index (χ2n) is 18.4. The Balaban J connectivity index is 0.946. The topological polar surface area (TPSA) is 8.17 Å². The van der Waals surface area contributed by atoms with Crippen molar-refractivity contribution in [1.29, 1.82) is 0 Å². The van der Waals surface area contributed by atoms with Crippen LogP contribution in [0.5, 0.6) is 0 Å². The molecule has 0 N–H and O–H groups in total. The molecule has 71 heavy (non-hydrogen) atoms. The average molecular weight is 921 g/mol. The lowest BCUT2D eigenvalue weighted by Crippen LogP contribution is -2.74. The lowest BCUT2D eigenvalue weighted by molar-refractivity contribution is 1.18. The predicted molar refractivity (Wildman–Crippen MR) is 305 cm³/mol. The van der Waals surface area contributed by atoms with E-state index in [1.807, 2.05) is 0 Å². The monoisotopic (exact) mass is 920 g/mol. The molecule has 1 heterocycles. The molecule has 0 fully saturated rings. The van der Waals surface area contributed by atoms with Crippen LogP contribution in [-0.4, -0.2) is 12.6 Å². The van der Waals surface area contributed by atoms with E-state index in [1.165, 1.54) is 80.8 Å². The van der Waals surface area contributed by atoms with Gasteiger partial charge in [0.2, 0.25) is 0 Å². The Bertz CT molecular complexity index is 3910. The summed E-state index contributed by atoms with van der Waals surface area (Å²) in [6.45, 7) is 0. The van der Waals surface area contributed by atoms with Crippen molar-refractivity contribution >= 4 is 89.2 Å². The number of rotatable bonds is 10. The summed E-state index contributed by atoms with van der Waals surface area (Å²) in [4.78, 5) is 2.44. The molecule has 0 saturated heterocycles. The molecule has 0 aliphatic carbocycles. The summed E-state index contributed by atoms with van der Waals surface area (Å²) in [6.07, 6.45) is 0. The van der Waals surface area contributed by atoms with Crippen molar-refractivity contribution in [2.24, 2.45) is 0 Å². The van der Waals surface area contributed by atoms with E-state index >= 15 is 0 Å².